The maximum atomic E-state index is 13.9. The van der Waals surface area contributed by atoms with Crippen LogP contribution in [0.2, 0.25) is 0 Å². The average Bonchev–Trinajstić information content (AvgIpc) is 3.50. The molecule has 200 valence electrons. The average molecular weight is 582 g/mol. The number of phenols is 1. The van der Waals surface area contributed by atoms with Crippen molar-refractivity contribution in [1.82, 2.24) is 15.1 Å². The van der Waals surface area contributed by atoms with E-state index in [9.17, 15) is 24.3 Å². The molecule has 2 saturated heterocycles. The van der Waals surface area contributed by atoms with E-state index >= 15 is 0 Å². The topological polar surface area (TPSA) is 107 Å². The minimum atomic E-state index is -0.916. The summed E-state index contributed by atoms with van der Waals surface area (Å²) in [4.78, 5) is 56.8. The number of rotatable bonds is 6. The second-order valence-corrected chi connectivity index (χ2v) is 11.4. The standard InChI is InChI=1S/C29H32BrN3O5/c30-21-8-4-7-20(16-21)27(36)31-23(15-18-9-11-22(34)12-10-18)29(38)32-14-13-24-26(32)25(35)17-33(24)28(37)19-5-2-1-3-6-19/h4,7-12,16,19,23-24,26,34H,1-3,5-6,13-15,17H2,(H,31,36)/t23-,24?,26-/m0/s1. The molecule has 3 atom stereocenters. The van der Waals surface area contributed by atoms with Crippen molar-refractivity contribution in [1.29, 1.82) is 0 Å². The van der Waals surface area contributed by atoms with Gasteiger partial charge in [0.2, 0.25) is 11.8 Å². The van der Waals surface area contributed by atoms with E-state index in [1.54, 1.807) is 40.1 Å². The largest absolute Gasteiger partial charge is 0.508 e. The molecule has 2 aromatic rings. The van der Waals surface area contributed by atoms with Crippen LogP contribution >= 0.6 is 15.9 Å². The first-order valence-corrected chi connectivity index (χ1v) is 14.1. The number of carbonyl (C=O) groups is 4. The third kappa shape index (κ3) is 5.48. The lowest BCUT2D eigenvalue weighted by Crippen LogP contribution is -2.53. The Morgan fingerprint density at radius 3 is 2.45 bits per heavy atom. The zero-order valence-corrected chi connectivity index (χ0v) is 22.7. The van der Waals surface area contributed by atoms with Crippen LogP contribution in [0.4, 0.5) is 0 Å². The second kappa shape index (κ2) is 11.3. The molecule has 3 fully saturated rings. The molecule has 9 heteroatoms. The normalized spacial score (nSPS) is 22.3. The Labute approximate surface area is 230 Å². The third-order valence-electron chi connectivity index (χ3n) is 8.01. The summed E-state index contributed by atoms with van der Waals surface area (Å²) >= 11 is 3.37. The molecule has 3 amide bonds. The summed E-state index contributed by atoms with van der Waals surface area (Å²) in [6.45, 7) is 0.397. The van der Waals surface area contributed by atoms with Gasteiger partial charge in [-0.15, -0.1) is 0 Å². The lowest BCUT2D eigenvalue weighted by atomic mass is 9.88. The van der Waals surface area contributed by atoms with Gasteiger partial charge in [0.15, 0.2) is 5.78 Å². The summed E-state index contributed by atoms with van der Waals surface area (Å²) in [6, 6.07) is 11.5. The molecular formula is C29H32BrN3O5. The molecule has 1 saturated carbocycles. The van der Waals surface area contributed by atoms with E-state index in [1.807, 2.05) is 6.07 Å². The van der Waals surface area contributed by atoms with Crippen LogP contribution in [-0.4, -0.2) is 69.6 Å². The minimum absolute atomic E-state index is 0.0354. The molecule has 3 aliphatic rings. The summed E-state index contributed by atoms with van der Waals surface area (Å²) < 4.78 is 0.744. The number of phenolic OH excluding ortho intramolecular Hbond substituents is 1. The predicted molar refractivity (Wildman–Crippen MR) is 144 cm³/mol. The summed E-state index contributed by atoms with van der Waals surface area (Å²) in [5, 5.41) is 12.5. The SMILES string of the molecule is O=C(N[C@@H](Cc1ccc(O)cc1)C(=O)N1CCC2[C@H]1C(=O)CN2C(=O)C1CCCCC1)c1cccc(Br)c1. The van der Waals surface area contributed by atoms with Crippen LogP contribution in [0.15, 0.2) is 53.0 Å². The van der Waals surface area contributed by atoms with Gasteiger partial charge in [-0.3, -0.25) is 19.2 Å². The summed E-state index contributed by atoms with van der Waals surface area (Å²) in [7, 11) is 0. The van der Waals surface area contributed by atoms with Crippen LogP contribution in [0.5, 0.6) is 5.75 Å². The number of nitrogens with one attached hydrogen (secondary N) is 1. The number of hydrogen-bond acceptors (Lipinski definition) is 5. The molecule has 2 aliphatic heterocycles. The number of nitrogens with zero attached hydrogens (tertiary/aromatic N) is 2. The van der Waals surface area contributed by atoms with E-state index in [4.69, 9.17) is 0 Å². The maximum Gasteiger partial charge on any atom is 0.251 e. The lowest BCUT2D eigenvalue weighted by molar-refractivity contribution is -0.138. The smallest absolute Gasteiger partial charge is 0.251 e. The van der Waals surface area contributed by atoms with E-state index in [0.29, 0.717) is 18.5 Å². The zero-order chi connectivity index (χ0) is 26.8. The summed E-state index contributed by atoms with van der Waals surface area (Å²) in [5.74, 6) is -0.737. The highest BCUT2D eigenvalue weighted by Gasteiger charge is 2.52. The Kier molecular flexibility index (Phi) is 7.83. The number of carbonyl (C=O) groups excluding carboxylic acids is 4. The van der Waals surface area contributed by atoms with Crippen LogP contribution in [0.25, 0.3) is 0 Å². The Morgan fingerprint density at radius 1 is 1.00 bits per heavy atom. The number of likely N-dealkylation sites (tertiary alicyclic amines) is 2. The van der Waals surface area contributed by atoms with Crippen molar-refractivity contribution in [3.63, 3.8) is 0 Å². The molecule has 1 aliphatic carbocycles. The minimum Gasteiger partial charge on any atom is -0.508 e. The van der Waals surface area contributed by atoms with Gasteiger partial charge in [-0.1, -0.05) is 53.4 Å². The fourth-order valence-corrected chi connectivity index (χ4v) is 6.48. The van der Waals surface area contributed by atoms with Crippen LogP contribution in [0.1, 0.15) is 54.4 Å². The van der Waals surface area contributed by atoms with Gasteiger partial charge in [-0.05, 0) is 55.2 Å². The van der Waals surface area contributed by atoms with Gasteiger partial charge in [0.1, 0.15) is 17.8 Å². The van der Waals surface area contributed by atoms with Crippen molar-refractivity contribution < 1.29 is 24.3 Å². The van der Waals surface area contributed by atoms with E-state index in [2.05, 4.69) is 21.2 Å². The lowest BCUT2D eigenvalue weighted by Gasteiger charge is -2.30. The highest BCUT2D eigenvalue weighted by molar-refractivity contribution is 9.10. The molecule has 5 rings (SSSR count). The van der Waals surface area contributed by atoms with Crippen molar-refractivity contribution in [2.24, 2.45) is 5.92 Å². The highest BCUT2D eigenvalue weighted by atomic mass is 79.9. The number of halogens is 1. The van der Waals surface area contributed by atoms with Crippen LogP contribution < -0.4 is 5.32 Å². The number of benzene rings is 2. The van der Waals surface area contributed by atoms with Crippen LogP contribution in [0.3, 0.4) is 0 Å². The molecular weight excluding hydrogens is 550 g/mol. The Bertz CT molecular complexity index is 1230. The molecule has 1 unspecified atom stereocenters. The number of Topliss-reactive ketones (excluding diaryl/α,β-unsaturated/α-hetero) is 1. The van der Waals surface area contributed by atoms with E-state index in [1.165, 1.54) is 12.1 Å². The van der Waals surface area contributed by atoms with E-state index < -0.39 is 18.0 Å². The van der Waals surface area contributed by atoms with E-state index in [-0.39, 0.29) is 48.3 Å². The van der Waals surface area contributed by atoms with Crippen molar-refractivity contribution in [2.75, 3.05) is 13.1 Å². The predicted octanol–water partition coefficient (Wildman–Crippen LogP) is 3.46. The molecule has 2 N–H and O–H groups in total. The maximum absolute atomic E-state index is 13.9. The molecule has 0 spiro atoms. The Morgan fingerprint density at radius 2 is 1.74 bits per heavy atom. The molecule has 8 nitrogen and oxygen atoms in total. The quantitative estimate of drug-likeness (QED) is 0.543. The van der Waals surface area contributed by atoms with Crippen molar-refractivity contribution in [2.45, 2.75) is 63.1 Å². The molecule has 2 aromatic carbocycles. The van der Waals surface area contributed by atoms with Crippen molar-refractivity contribution in [3.05, 3.63) is 64.1 Å². The Hall–Kier alpha value is -3.20. The van der Waals surface area contributed by atoms with Crippen LogP contribution in [0, 0.1) is 5.92 Å². The summed E-state index contributed by atoms with van der Waals surface area (Å²) in [5.41, 5.74) is 1.17. The number of hydrogen-bond donors (Lipinski definition) is 2. The molecule has 0 radical (unpaired) electrons. The molecule has 38 heavy (non-hydrogen) atoms. The molecule has 2 heterocycles. The highest BCUT2D eigenvalue weighted by Crippen LogP contribution is 2.34. The van der Waals surface area contributed by atoms with Gasteiger partial charge in [-0.2, -0.15) is 0 Å². The number of aromatic hydroxyl groups is 1. The first-order valence-electron chi connectivity index (χ1n) is 13.3. The van der Waals surface area contributed by atoms with Gasteiger partial charge >= 0.3 is 0 Å². The van der Waals surface area contributed by atoms with Gasteiger partial charge in [-0.25, -0.2) is 0 Å². The number of ketones is 1. The van der Waals surface area contributed by atoms with Gasteiger partial charge in [0, 0.05) is 28.9 Å². The van der Waals surface area contributed by atoms with Crippen LogP contribution in [-0.2, 0) is 20.8 Å². The van der Waals surface area contributed by atoms with Gasteiger partial charge in [0.05, 0.1) is 12.6 Å². The fraction of sp³-hybridized carbons (Fsp3) is 0.448. The van der Waals surface area contributed by atoms with E-state index in [0.717, 1.165) is 42.1 Å². The first kappa shape index (κ1) is 26.4. The zero-order valence-electron chi connectivity index (χ0n) is 21.1. The third-order valence-corrected chi connectivity index (χ3v) is 8.50. The van der Waals surface area contributed by atoms with Crippen molar-refractivity contribution in [3.8, 4) is 5.75 Å². The monoisotopic (exact) mass is 581 g/mol. The number of amides is 3. The molecule has 0 bridgehead atoms. The fourth-order valence-electron chi connectivity index (χ4n) is 6.08. The first-order chi connectivity index (χ1) is 18.3. The molecule has 0 aromatic heterocycles. The Balaban J connectivity index is 1.35. The summed E-state index contributed by atoms with van der Waals surface area (Å²) in [6.07, 6.45) is 5.68. The van der Waals surface area contributed by atoms with Gasteiger partial charge < -0.3 is 20.2 Å². The van der Waals surface area contributed by atoms with Crippen molar-refractivity contribution >= 4 is 39.4 Å². The number of fused-ring (bicyclic) bond motifs is 1. The second-order valence-electron chi connectivity index (χ2n) is 10.5. The van der Waals surface area contributed by atoms with Gasteiger partial charge in [0.25, 0.3) is 5.91 Å².